The van der Waals surface area contributed by atoms with Gasteiger partial charge in [0.1, 0.15) is 0 Å². The summed E-state index contributed by atoms with van der Waals surface area (Å²) < 4.78 is 25.6. The molecule has 0 aliphatic carbocycles. The summed E-state index contributed by atoms with van der Waals surface area (Å²) in [5.74, 6) is -4.18. The van der Waals surface area contributed by atoms with Crippen LogP contribution >= 0.6 is 0 Å². The van der Waals surface area contributed by atoms with Gasteiger partial charge in [-0.1, -0.05) is 123 Å². The van der Waals surface area contributed by atoms with E-state index in [1.807, 2.05) is 0 Å². The lowest BCUT2D eigenvalue weighted by atomic mass is 9.81. The molecule has 0 unspecified atom stereocenters. The molecule has 0 amide bonds. The first-order chi connectivity index (χ1) is 30.6. The highest BCUT2D eigenvalue weighted by atomic mass is 16.5. The number of carbonyl (C=O) groups is 4. The topological polar surface area (TPSA) is 175 Å². The SMILES string of the molecule is C=COCCCCOC(=O)CCCCCCCCCCCCCCCCC.C=COCCCCc1c(CCCCOC=C)c(C(=O)O)c(C(=O)O)c(CCCCOC=C)c1C(=O)O. The molecule has 0 fully saturated rings. The number of unbranched alkanes of at least 4 members (excludes halogenated alkanes) is 18. The molecule has 0 heterocycles. The van der Waals surface area contributed by atoms with E-state index in [4.69, 9.17) is 23.7 Å². The zero-order valence-corrected chi connectivity index (χ0v) is 38.8. The van der Waals surface area contributed by atoms with Gasteiger partial charge in [0.05, 0.1) is 74.8 Å². The minimum atomic E-state index is -1.46. The number of esters is 1. The van der Waals surface area contributed by atoms with Crippen LogP contribution in [0, 0.1) is 0 Å². The first kappa shape index (κ1) is 58.3. The van der Waals surface area contributed by atoms with E-state index in [0.717, 1.165) is 25.7 Å². The molecule has 1 aromatic carbocycles. The van der Waals surface area contributed by atoms with E-state index in [2.05, 4.69) is 33.2 Å². The smallest absolute Gasteiger partial charge is 0.336 e. The molecule has 12 nitrogen and oxygen atoms in total. The van der Waals surface area contributed by atoms with Gasteiger partial charge in [-0.05, 0) is 93.7 Å². The summed E-state index contributed by atoms with van der Waals surface area (Å²) in [6, 6.07) is 0. The fraction of sp³-hybridized carbons (Fsp3) is 0.647. The molecular formula is C51H82O12. The maximum Gasteiger partial charge on any atom is 0.336 e. The van der Waals surface area contributed by atoms with Gasteiger partial charge in [-0.25, -0.2) is 14.4 Å². The lowest BCUT2D eigenvalue weighted by Gasteiger charge is -2.22. The van der Waals surface area contributed by atoms with Crippen LogP contribution in [0.3, 0.4) is 0 Å². The predicted molar refractivity (Wildman–Crippen MR) is 250 cm³/mol. The van der Waals surface area contributed by atoms with Gasteiger partial charge in [0.2, 0.25) is 0 Å². The number of hydrogen-bond donors (Lipinski definition) is 3. The zero-order chi connectivity index (χ0) is 46.8. The Bertz CT molecular complexity index is 1440. The van der Waals surface area contributed by atoms with Crippen molar-refractivity contribution in [2.75, 3.05) is 33.0 Å². The van der Waals surface area contributed by atoms with Crippen molar-refractivity contribution in [1.82, 2.24) is 0 Å². The van der Waals surface area contributed by atoms with Crippen molar-refractivity contribution in [2.24, 2.45) is 0 Å². The van der Waals surface area contributed by atoms with Gasteiger partial charge in [0, 0.05) is 6.42 Å². The minimum absolute atomic E-state index is 0.0297. The number of hydrogen-bond acceptors (Lipinski definition) is 9. The van der Waals surface area contributed by atoms with Gasteiger partial charge in [0.25, 0.3) is 0 Å². The average Bonchev–Trinajstić information content (AvgIpc) is 3.25. The summed E-state index contributed by atoms with van der Waals surface area (Å²) in [6.07, 6.45) is 31.5. The van der Waals surface area contributed by atoms with Crippen molar-refractivity contribution >= 4 is 23.9 Å². The van der Waals surface area contributed by atoms with E-state index in [-0.39, 0.29) is 47.5 Å². The number of ether oxygens (including phenoxy) is 5. The Morgan fingerprint density at radius 1 is 0.397 bits per heavy atom. The summed E-state index contributed by atoms with van der Waals surface area (Å²) in [4.78, 5) is 48.8. The molecule has 3 N–H and O–H groups in total. The largest absolute Gasteiger partial charge is 0.502 e. The molecule has 0 aromatic heterocycles. The Labute approximate surface area is 379 Å². The molecule has 0 aliphatic heterocycles. The lowest BCUT2D eigenvalue weighted by Crippen LogP contribution is -2.22. The number of carbonyl (C=O) groups excluding carboxylic acids is 1. The van der Waals surface area contributed by atoms with Gasteiger partial charge in [0.15, 0.2) is 0 Å². The van der Waals surface area contributed by atoms with E-state index in [0.29, 0.717) is 83.5 Å². The second-order valence-corrected chi connectivity index (χ2v) is 15.6. The van der Waals surface area contributed by atoms with Crippen LogP contribution in [-0.2, 0) is 47.7 Å². The van der Waals surface area contributed by atoms with Crippen LogP contribution in [0.15, 0.2) is 51.4 Å². The molecular weight excluding hydrogens is 805 g/mol. The molecule has 0 bridgehead atoms. The summed E-state index contributed by atoms with van der Waals surface area (Å²) in [5, 5.41) is 30.3. The first-order valence-corrected chi connectivity index (χ1v) is 23.6. The monoisotopic (exact) mass is 887 g/mol. The van der Waals surface area contributed by atoms with Crippen LogP contribution in [0.4, 0.5) is 0 Å². The zero-order valence-electron chi connectivity index (χ0n) is 38.8. The number of carboxylic acids is 3. The highest BCUT2D eigenvalue weighted by Crippen LogP contribution is 2.33. The van der Waals surface area contributed by atoms with Crippen molar-refractivity contribution in [1.29, 1.82) is 0 Å². The van der Waals surface area contributed by atoms with E-state index in [9.17, 15) is 34.5 Å². The maximum atomic E-state index is 12.5. The van der Waals surface area contributed by atoms with Crippen LogP contribution in [-0.4, -0.2) is 72.2 Å². The molecule has 1 rings (SSSR count). The van der Waals surface area contributed by atoms with Crippen molar-refractivity contribution in [3.63, 3.8) is 0 Å². The van der Waals surface area contributed by atoms with Gasteiger partial charge in [-0.3, -0.25) is 4.79 Å². The summed E-state index contributed by atoms with van der Waals surface area (Å²) >= 11 is 0. The standard InChI is InChI=1S/C27H36O9.C24H46O3/c1-4-34-16-10-7-13-19-20(14-8-11-17-35-5-2)23(26(30)31)24(27(32)33)21(22(19)25(28)29)15-9-12-18-36-6-3;1-3-5-6-7-8-9-10-11-12-13-14-15-16-17-18-21-24(25)27-23-20-19-22-26-4-2/h4-6H,1-3,7-18H2,(H,28,29)(H,30,31)(H,32,33);4H,2-3,5-23H2,1H3. The third-order valence-electron chi connectivity index (χ3n) is 10.7. The fourth-order valence-electron chi connectivity index (χ4n) is 7.42. The third-order valence-corrected chi connectivity index (χ3v) is 10.7. The van der Waals surface area contributed by atoms with E-state index < -0.39 is 23.5 Å². The highest BCUT2D eigenvalue weighted by molar-refractivity contribution is 6.07. The fourth-order valence-corrected chi connectivity index (χ4v) is 7.42. The Balaban J connectivity index is 0.00000127. The molecule has 0 saturated heterocycles. The van der Waals surface area contributed by atoms with Crippen LogP contribution in [0.5, 0.6) is 0 Å². The summed E-state index contributed by atoms with van der Waals surface area (Å²) in [6.45, 7) is 18.4. The van der Waals surface area contributed by atoms with Crippen LogP contribution in [0.2, 0.25) is 0 Å². The predicted octanol–water partition coefficient (Wildman–Crippen LogP) is 13.0. The maximum absolute atomic E-state index is 12.5. The Morgan fingerprint density at radius 3 is 1.06 bits per heavy atom. The van der Waals surface area contributed by atoms with Crippen LogP contribution in [0.25, 0.3) is 0 Å². The van der Waals surface area contributed by atoms with Gasteiger partial charge in [-0.15, -0.1) is 0 Å². The van der Waals surface area contributed by atoms with Crippen molar-refractivity contribution < 1.29 is 58.2 Å². The molecule has 358 valence electrons. The van der Waals surface area contributed by atoms with Crippen molar-refractivity contribution in [3.05, 3.63) is 84.7 Å². The normalized spacial score (nSPS) is 10.5. The van der Waals surface area contributed by atoms with Crippen LogP contribution < -0.4 is 0 Å². The molecule has 0 radical (unpaired) electrons. The number of carboxylic acid groups (broad SMARTS) is 3. The van der Waals surface area contributed by atoms with E-state index in [1.165, 1.54) is 109 Å². The van der Waals surface area contributed by atoms with Gasteiger partial charge in [-0.2, -0.15) is 0 Å². The molecule has 12 heteroatoms. The Hall–Kier alpha value is -4.74. The number of aromatic carboxylic acids is 3. The second-order valence-electron chi connectivity index (χ2n) is 15.6. The average molecular weight is 887 g/mol. The first-order valence-electron chi connectivity index (χ1n) is 23.6. The summed E-state index contributed by atoms with van der Waals surface area (Å²) in [5.41, 5.74) is -0.275. The van der Waals surface area contributed by atoms with E-state index in [1.54, 1.807) is 0 Å². The van der Waals surface area contributed by atoms with Gasteiger partial charge < -0.3 is 39.0 Å². The quantitative estimate of drug-likeness (QED) is 0.0322. The molecule has 0 spiro atoms. The molecule has 63 heavy (non-hydrogen) atoms. The second kappa shape index (κ2) is 41.3. The van der Waals surface area contributed by atoms with E-state index >= 15 is 0 Å². The summed E-state index contributed by atoms with van der Waals surface area (Å²) in [7, 11) is 0. The lowest BCUT2D eigenvalue weighted by molar-refractivity contribution is -0.144. The molecule has 1 aromatic rings. The van der Waals surface area contributed by atoms with Crippen LogP contribution in [0.1, 0.15) is 209 Å². The molecule has 0 saturated carbocycles. The number of benzene rings is 1. The van der Waals surface area contributed by atoms with Crippen molar-refractivity contribution in [2.45, 2.75) is 180 Å². The van der Waals surface area contributed by atoms with Crippen molar-refractivity contribution in [3.8, 4) is 0 Å². The number of rotatable bonds is 43. The Kier molecular flexibility index (Phi) is 38.2. The Morgan fingerprint density at radius 2 is 0.698 bits per heavy atom. The third kappa shape index (κ3) is 29.3. The highest BCUT2D eigenvalue weighted by Gasteiger charge is 2.32. The minimum Gasteiger partial charge on any atom is -0.502 e. The van der Waals surface area contributed by atoms with Gasteiger partial charge >= 0.3 is 23.9 Å². The molecule has 0 atom stereocenters. The molecule has 0 aliphatic rings.